The Kier molecular flexibility index (Phi) is 4.93. The van der Waals surface area contributed by atoms with E-state index >= 15 is 0 Å². The molecule has 7 heteroatoms. The van der Waals surface area contributed by atoms with Crippen LogP contribution in [-0.4, -0.2) is 23.1 Å². The third-order valence-electron chi connectivity index (χ3n) is 4.83. The number of hydrogen-bond donors (Lipinski definition) is 1. The second kappa shape index (κ2) is 8.04. The van der Waals surface area contributed by atoms with Gasteiger partial charge in [0.05, 0.1) is 34.4 Å². The van der Waals surface area contributed by atoms with Crippen LogP contribution in [0.15, 0.2) is 87.8 Å². The van der Waals surface area contributed by atoms with E-state index in [1.807, 2.05) is 78.9 Å². The molecule has 0 saturated carbocycles. The van der Waals surface area contributed by atoms with Gasteiger partial charge >= 0.3 is 0 Å². The quantitative estimate of drug-likeness (QED) is 0.542. The number of benzene rings is 3. The van der Waals surface area contributed by atoms with Gasteiger partial charge in [-0.15, -0.1) is 0 Å². The zero-order valence-corrected chi connectivity index (χ0v) is 17.5. The maximum atomic E-state index is 11.1. The van der Waals surface area contributed by atoms with Crippen LogP contribution >= 0.6 is 11.3 Å². The Bertz CT molecular complexity index is 1470. The van der Waals surface area contributed by atoms with Crippen LogP contribution in [0.4, 0.5) is 11.4 Å². The average Bonchev–Trinajstić information content (AvgIpc) is 3.39. The summed E-state index contributed by atoms with van der Waals surface area (Å²) in [6, 6.07) is 23.0. The lowest BCUT2D eigenvalue weighted by Gasteiger charge is -2.05. The molecule has 0 unspecified atom stereocenters. The Morgan fingerprint density at radius 2 is 1.84 bits per heavy atom. The van der Waals surface area contributed by atoms with Crippen molar-refractivity contribution in [2.75, 3.05) is 7.11 Å². The predicted molar refractivity (Wildman–Crippen MR) is 122 cm³/mol. The predicted octanol–water partition coefficient (Wildman–Crippen LogP) is 3.61. The van der Waals surface area contributed by atoms with Crippen LogP contribution in [0.3, 0.4) is 0 Å². The van der Waals surface area contributed by atoms with Crippen molar-refractivity contribution in [3.63, 3.8) is 0 Å². The maximum absolute atomic E-state index is 11.1. The van der Waals surface area contributed by atoms with Gasteiger partial charge in [0, 0.05) is 0 Å². The topological polar surface area (TPSA) is 71.5 Å². The normalized spacial score (nSPS) is 13.3. The molecule has 0 fully saturated rings. The number of methoxy groups -OCH3 is 1. The van der Waals surface area contributed by atoms with Crippen LogP contribution in [0.25, 0.3) is 11.8 Å². The highest BCUT2D eigenvalue weighted by Crippen LogP contribution is 2.26. The van der Waals surface area contributed by atoms with Crippen molar-refractivity contribution in [3.8, 4) is 17.3 Å². The van der Waals surface area contributed by atoms with Crippen LogP contribution in [0.2, 0.25) is 0 Å². The Labute approximate surface area is 182 Å². The molecule has 1 aliphatic rings. The van der Waals surface area contributed by atoms with E-state index in [4.69, 9.17) is 9.73 Å². The molecule has 0 radical (unpaired) electrons. The SMILES string of the molecule is COc1ccc(N=c2sc(C=c3ccc4c(c3)N=CN=4)c(O)n2-c2ccccc2)cc1. The number of ether oxygens (including phenoxy) is 1. The molecule has 0 amide bonds. The largest absolute Gasteiger partial charge is 0.497 e. The Hall–Kier alpha value is -3.97. The molecule has 31 heavy (non-hydrogen) atoms. The molecule has 1 N–H and O–H groups in total. The van der Waals surface area contributed by atoms with Gasteiger partial charge in [0.15, 0.2) is 4.80 Å². The molecular formula is C24H18N4O2S. The molecule has 1 aliphatic heterocycles. The van der Waals surface area contributed by atoms with Crippen LogP contribution < -0.4 is 20.1 Å². The fourth-order valence-electron chi connectivity index (χ4n) is 3.28. The number of para-hydroxylation sites is 1. The summed E-state index contributed by atoms with van der Waals surface area (Å²) in [6.45, 7) is 0. The number of aliphatic imine (C=N–C) groups is 1. The van der Waals surface area contributed by atoms with Gasteiger partial charge in [0.1, 0.15) is 12.1 Å². The first-order valence-electron chi connectivity index (χ1n) is 9.62. The fourth-order valence-corrected chi connectivity index (χ4v) is 4.29. The van der Waals surface area contributed by atoms with Crippen LogP contribution in [-0.2, 0) is 0 Å². The van der Waals surface area contributed by atoms with Gasteiger partial charge in [-0.2, -0.15) is 0 Å². The summed E-state index contributed by atoms with van der Waals surface area (Å²) >= 11 is 1.41. The monoisotopic (exact) mass is 426 g/mol. The molecule has 2 heterocycles. The maximum Gasteiger partial charge on any atom is 0.215 e. The number of thiazole rings is 1. The zero-order valence-electron chi connectivity index (χ0n) is 16.6. The Morgan fingerprint density at radius 3 is 2.61 bits per heavy atom. The molecule has 6 nitrogen and oxygen atoms in total. The van der Waals surface area contributed by atoms with Crippen molar-refractivity contribution in [2.45, 2.75) is 0 Å². The molecule has 0 aliphatic carbocycles. The third kappa shape index (κ3) is 3.78. The number of aromatic hydroxyl groups is 1. The second-order valence-electron chi connectivity index (χ2n) is 6.82. The minimum atomic E-state index is 0.136. The lowest BCUT2D eigenvalue weighted by molar-refractivity contribution is 0.415. The summed E-state index contributed by atoms with van der Waals surface area (Å²) in [6.07, 6.45) is 3.48. The van der Waals surface area contributed by atoms with E-state index < -0.39 is 0 Å². The van der Waals surface area contributed by atoms with Crippen molar-refractivity contribution >= 4 is 35.1 Å². The Morgan fingerprint density at radius 1 is 1.03 bits per heavy atom. The molecule has 0 saturated heterocycles. The van der Waals surface area contributed by atoms with Crippen molar-refractivity contribution in [1.82, 2.24) is 4.57 Å². The van der Waals surface area contributed by atoms with E-state index in [1.165, 1.54) is 11.3 Å². The number of hydrogen-bond acceptors (Lipinski definition) is 6. The minimum Gasteiger partial charge on any atom is -0.497 e. The zero-order chi connectivity index (χ0) is 21.2. The molecule has 1 aromatic heterocycles. The highest BCUT2D eigenvalue weighted by molar-refractivity contribution is 7.10. The van der Waals surface area contributed by atoms with E-state index in [9.17, 15) is 5.11 Å². The molecule has 3 aromatic carbocycles. The van der Waals surface area contributed by atoms with E-state index in [-0.39, 0.29) is 5.88 Å². The lowest BCUT2D eigenvalue weighted by Crippen LogP contribution is -2.11. The first-order chi connectivity index (χ1) is 15.2. The first kappa shape index (κ1) is 19.0. The summed E-state index contributed by atoms with van der Waals surface area (Å²) < 4.78 is 6.98. The van der Waals surface area contributed by atoms with E-state index in [2.05, 4.69) is 9.98 Å². The van der Waals surface area contributed by atoms with Crippen molar-refractivity contribution in [3.05, 3.63) is 93.1 Å². The third-order valence-corrected chi connectivity index (χ3v) is 5.80. The standard InChI is InChI=1S/C24H18N4O2S/c1-30-19-10-8-17(9-11-19)27-24-28(18-5-3-2-4-6-18)23(29)22(31-24)14-16-7-12-20-21(13-16)26-15-25-20/h2-15,29H,1H3. The molecular weight excluding hydrogens is 408 g/mol. The second-order valence-corrected chi connectivity index (χ2v) is 7.83. The summed E-state index contributed by atoms with van der Waals surface area (Å²) in [5.41, 5.74) is 2.43. The van der Waals surface area contributed by atoms with Crippen LogP contribution in [0.1, 0.15) is 4.88 Å². The molecule has 0 spiro atoms. The molecule has 152 valence electrons. The summed E-state index contributed by atoms with van der Waals surface area (Å²) in [4.78, 5) is 14.6. The van der Waals surface area contributed by atoms with Crippen molar-refractivity contribution < 1.29 is 9.84 Å². The average molecular weight is 427 g/mol. The minimum absolute atomic E-state index is 0.136. The lowest BCUT2D eigenvalue weighted by atomic mass is 10.2. The van der Waals surface area contributed by atoms with Gasteiger partial charge in [0.2, 0.25) is 5.88 Å². The smallest absolute Gasteiger partial charge is 0.215 e. The van der Waals surface area contributed by atoms with Gasteiger partial charge in [-0.1, -0.05) is 35.6 Å². The van der Waals surface area contributed by atoms with Crippen LogP contribution in [0.5, 0.6) is 11.6 Å². The van der Waals surface area contributed by atoms with E-state index in [0.717, 1.165) is 33.4 Å². The number of nitrogens with zero attached hydrogens (tertiary/aromatic N) is 4. The van der Waals surface area contributed by atoms with Gasteiger partial charge < -0.3 is 9.84 Å². The number of fused-ring (bicyclic) bond motifs is 1. The van der Waals surface area contributed by atoms with Gasteiger partial charge in [-0.25, -0.2) is 15.0 Å². The fraction of sp³-hybridized carbons (Fsp3) is 0.0417. The Balaban J connectivity index is 1.69. The number of rotatable bonds is 4. The molecule has 0 bridgehead atoms. The number of aromatic nitrogens is 1. The molecule has 4 aromatic rings. The van der Waals surface area contributed by atoms with Crippen molar-refractivity contribution in [2.24, 2.45) is 15.0 Å². The highest BCUT2D eigenvalue weighted by atomic mass is 32.1. The summed E-state index contributed by atoms with van der Waals surface area (Å²) in [5.74, 6) is 0.904. The van der Waals surface area contributed by atoms with E-state index in [1.54, 1.807) is 18.0 Å². The van der Waals surface area contributed by atoms with Gasteiger partial charge in [0.25, 0.3) is 0 Å². The van der Waals surface area contributed by atoms with Gasteiger partial charge in [-0.05, 0) is 59.8 Å². The van der Waals surface area contributed by atoms with Crippen molar-refractivity contribution in [1.29, 1.82) is 0 Å². The highest BCUT2D eigenvalue weighted by Gasteiger charge is 2.13. The first-order valence-corrected chi connectivity index (χ1v) is 10.4. The van der Waals surface area contributed by atoms with Crippen LogP contribution in [0, 0.1) is 0 Å². The van der Waals surface area contributed by atoms with Gasteiger partial charge in [-0.3, -0.25) is 4.57 Å². The molecule has 0 atom stereocenters. The summed E-state index contributed by atoms with van der Waals surface area (Å²) in [5, 5.41) is 12.9. The van der Waals surface area contributed by atoms with E-state index in [0.29, 0.717) is 9.68 Å². The molecule has 5 rings (SSSR count). The summed E-state index contributed by atoms with van der Waals surface area (Å²) in [7, 11) is 1.63.